The quantitative estimate of drug-likeness (QED) is 0.646. The summed E-state index contributed by atoms with van der Waals surface area (Å²) in [4.78, 5) is 0.997. The molecule has 106 valence electrons. The summed E-state index contributed by atoms with van der Waals surface area (Å²) in [5.74, 6) is 1.67. The molecule has 0 aromatic heterocycles. The number of phenolic OH excluding ortho intramolecular Hbond substituents is 1. The second-order valence-corrected chi connectivity index (χ2v) is 6.67. The molecule has 2 aromatic carbocycles. The van der Waals surface area contributed by atoms with E-state index in [1.807, 2.05) is 24.3 Å². The molecule has 2 rings (SSSR count). The highest BCUT2D eigenvalue weighted by atomic mass is 32.2. The normalized spacial score (nSPS) is 11.3. The first-order valence-electron chi connectivity index (χ1n) is 6.60. The first-order chi connectivity index (χ1) is 9.45. The first-order valence-corrected chi connectivity index (χ1v) is 7.59. The van der Waals surface area contributed by atoms with E-state index < -0.39 is 0 Å². The average Bonchev–Trinajstić information content (AvgIpc) is 2.38. The lowest BCUT2D eigenvalue weighted by Gasteiger charge is -2.19. The summed E-state index contributed by atoms with van der Waals surface area (Å²) in [6, 6.07) is 15.4. The molecule has 0 spiro atoms. The van der Waals surface area contributed by atoms with Crippen molar-refractivity contribution in [3.05, 3.63) is 54.1 Å². The zero-order valence-corrected chi connectivity index (χ0v) is 12.9. The van der Waals surface area contributed by atoms with Gasteiger partial charge in [-0.1, -0.05) is 50.7 Å². The number of aromatic hydroxyl groups is 1. The molecule has 3 heteroatoms. The molecule has 1 N–H and O–H groups in total. The van der Waals surface area contributed by atoms with E-state index in [2.05, 4.69) is 32.9 Å². The van der Waals surface area contributed by atoms with Gasteiger partial charge < -0.3 is 9.84 Å². The molecule has 0 amide bonds. The van der Waals surface area contributed by atoms with Gasteiger partial charge in [0.05, 0.1) is 0 Å². The molecule has 0 heterocycles. The number of ether oxygens (including phenoxy) is 1. The van der Waals surface area contributed by atoms with Gasteiger partial charge in [0.2, 0.25) is 0 Å². The number of rotatable bonds is 4. The highest BCUT2D eigenvalue weighted by Gasteiger charge is 2.12. The Morgan fingerprint density at radius 1 is 1.05 bits per heavy atom. The van der Waals surface area contributed by atoms with Crippen LogP contribution in [0, 0.1) is 0 Å². The van der Waals surface area contributed by atoms with E-state index in [4.69, 9.17) is 4.74 Å². The van der Waals surface area contributed by atoms with Crippen LogP contribution in [0.3, 0.4) is 0 Å². The maximum absolute atomic E-state index is 9.38. The fraction of sp³-hybridized carbons (Fsp3) is 0.294. The summed E-state index contributed by atoms with van der Waals surface area (Å²) in [6.45, 7) is 6.59. The first kappa shape index (κ1) is 14.8. The molecular weight excluding hydrogens is 268 g/mol. The highest BCUT2D eigenvalue weighted by molar-refractivity contribution is 7.99. The van der Waals surface area contributed by atoms with Crippen molar-refractivity contribution in [3.63, 3.8) is 0 Å². The topological polar surface area (TPSA) is 29.5 Å². The predicted octanol–water partition coefficient (Wildman–Crippen LogP) is 4.82. The van der Waals surface area contributed by atoms with E-state index >= 15 is 0 Å². The van der Waals surface area contributed by atoms with E-state index in [-0.39, 0.29) is 11.2 Å². The van der Waals surface area contributed by atoms with Crippen LogP contribution in [0.15, 0.2) is 53.4 Å². The fourth-order valence-electron chi connectivity index (χ4n) is 1.79. The van der Waals surface area contributed by atoms with Gasteiger partial charge in [-0.3, -0.25) is 0 Å². The number of thioether (sulfide) groups is 1. The highest BCUT2D eigenvalue weighted by Crippen LogP contribution is 2.26. The van der Waals surface area contributed by atoms with Crippen molar-refractivity contribution in [2.45, 2.75) is 31.1 Å². The summed E-state index contributed by atoms with van der Waals surface area (Å²) in [5.41, 5.74) is 1.46. The molecule has 0 radical (unpaired) electrons. The van der Waals surface area contributed by atoms with Gasteiger partial charge in [-0.05, 0) is 41.3 Å². The van der Waals surface area contributed by atoms with Crippen molar-refractivity contribution >= 4 is 11.8 Å². The molecule has 0 aliphatic carbocycles. The molecule has 2 nitrogen and oxygen atoms in total. The zero-order valence-electron chi connectivity index (χ0n) is 12.1. The predicted molar refractivity (Wildman–Crippen MR) is 84.6 cm³/mol. The zero-order chi connectivity index (χ0) is 14.6. The maximum Gasteiger partial charge on any atom is 0.138 e. The van der Waals surface area contributed by atoms with Crippen LogP contribution < -0.4 is 4.74 Å². The van der Waals surface area contributed by atoms with Crippen molar-refractivity contribution in [1.82, 2.24) is 0 Å². The van der Waals surface area contributed by atoms with Gasteiger partial charge in [-0.2, -0.15) is 0 Å². The molecule has 0 saturated carbocycles. The molecule has 0 saturated heterocycles. The minimum Gasteiger partial charge on any atom is -0.508 e. The van der Waals surface area contributed by atoms with E-state index in [9.17, 15) is 5.11 Å². The molecule has 0 fully saturated rings. The lowest BCUT2D eigenvalue weighted by Crippen LogP contribution is -2.10. The second-order valence-electron chi connectivity index (χ2n) is 5.68. The minimum absolute atomic E-state index is 0.162. The molecule has 0 aliphatic rings. The Bertz CT molecular complexity index is 556. The standard InChI is InChI=1S/C17H20O2S/c1-17(2,3)13-7-9-15(10-8-13)19-12-20-16-6-4-5-14(18)11-16/h4-11,18H,12H2,1-3H3. The van der Waals surface area contributed by atoms with Crippen molar-refractivity contribution in [2.75, 3.05) is 5.94 Å². The van der Waals surface area contributed by atoms with Crippen LogP contribution in [0.5, 0.6) is 11.5 Å². The minimum atomic E-state index is 0.162. The molecule has 0 bridgehead atoms. The largest absolute Gasteiger partial charge is 0.508 e. The summed E-state index contributed by atoms with van der Waals surface area (Å²) >= 11 is 1.56. The van der Waals surface area contributed by atoms with Crippen LogP contribution in [0.2, 0.25) is 0 Å². The van der Waals surface area contributed by atoms with Gasteiger partial charge in [-0.25, -0.2) is 0 Å². The molecule has 0 unspecified atom stereocenters. The van der Waals surface area contributed by atoms with E-state index in [0.29, 0.717) is 5.94 Å². The van der Waals surface area contributed by atoms with E-state index in [1.54, 1.807) is 23.9 Å². The van der Waals surface area contributed by atoms with Crippen molar-refractivity contribution in [3.8, 4) is 11.5 Å². The van der Waals surface area contributed by atoms with Crippen LogP contribution in [0.25, 0.3) is 0 Å². The third-order valence-electron chi connectivity index (χ3n) is 2.99. The molecule has 0 aliphatic heterocycles. The van der Waals surface area contributed by atoms with Crippen LogP contribution in [0.1, 0.15) is 26.3 Å². The summed E-state index contributed by atoms with van der Waals surface area (Å²) in [5, 5.41) is 9.38. The molecular formula is C17H20O2S. The molecule has 20 heavy (non-hydrogen) atoms. The van der Waals surface area contributed by atoms with Crippen molar-refractivity contribution in [2.24, 2.45) is 0 Å². The smallest absolute Gasteiger partial charge is 0.138 e. The lowest BCUT2D eigenvalue weighted by molar-refractivity contribution is 0.392. The third kappa shape index (κ3) is 4.20. The number of benzene rings is 2. The van der Waals surface area contributed by atoms with Crippen molar-refractivity contribution in [1.29, 1.82) is 0 Å². The number of hydrogen-bond donors (Lipinski definition) is 1. The Morgan fingerprint density at radius 3 is 2.35 bits per heavy atom. The molecule has 0 atom stereocenters. The molecule has 2 aromatic rings. The second kappa shape index (κ2) is 6.23. The fourth-order valence-corrected chi connectivity index (χ4v) is 2.50. The lowest BCUT2D eigenvalue weighted by atomic mass is 9.87. The van der Waals surface area contributed by atoms with Gasteiger partial charge in [-0.15, -0.1) is 0 Å². The van der Waals surface area contributed by atoms with Crippen LogP contribution >= 0.6 is 11.8 Å². The van der Waals surface area contributed by atoms with Crippen LogP contribution in [0.4, 0.5) is 0 Å². The van der Waals surface area contributed by atoms with Gasteiger partial charge in [0.15, 0.2) is 0 Å². The van der Waals surface area contributed by atoms with Gasteiger partial charge in [0.25, 0.3) is 0 Å². The van der Waals surface area contributed by atoms with Gasteiger partial charge in [0, 0.05) is 4.90 Å². The summed E-state index contributed by atoms with van der Waals surface area (Å²) < 4.78 is 5.70. The van der Waals surface area contributed by atoms with Crippen LogP contribution in [-0.4, -0.2) is 11.0 Å². The van der Waals surface area contributed by atoms with Gasteiger partial charge >= 0.3 is 0 Å². The van der Waals surface area contributed by atoms with Crippen LogP contribution in [-0.2, 0) is 5.41 Å². The SMILES string of the molecule is CC(C)(C)c1ccc(OCSc2cccc(O)c2)cc1. The monoisotopic (exact) mass is 288 g/mol. The summed E-state index contributed by atoms with van der Waals surface area (Å²) in [7, 11) is 0. The number of hydrogen-bond acceptors (Lipinski definition) is 3. The Balaban J connectivity index is 1.88. The number of phenols is 1. The summed E-state index contributed by atoms with van der Waals surface area (Å²) in [6.07, 6.45) is 0. The Hall–Kier alpha value is -1.61. The third-order valence-corrected chi connectivity index (χ3v) is 3.81. The van der Waals surface area contributed by atoms with E-state index in [1.165, 1.54) is 5.56 Å². The Morgan fingerprint density at radius 2 is 1.75 bits per heavy atom. The van der Waals surface area contributed by atoms with E-state index in [0.717, 1.165) is 10.6 Å². The average molecular weight is 288 g/mol. The van der Waals surface area contributed by atoms with Crippen molar-refractivity contribution < 1.29 is 9.84 Å². The van der Waals surface area contributed by atoms with Gasteiger partial charge in [0.1, 0.15) is 17.4 Å². The Kier molecular flexibility index (Phi) is 4.61. The Labute approximate surface area is 124 Å². The maximum atomic E-state index is 9.38.